The number of hydrogen-bond donors (Lipinski definition) is 3. The van der Waals surface area contributed by atoms with Crippen LogP contribution in [-0.4, -0.2) is 33.9 Å². The lowest BCUT2D eigenvalue weighted by Crippen LogP contribution is -2.39. The first kappa shape index (κ1) is 16.2. The van der Waals surface area contributed by atoms with Gasteiger partial charge in [-0.25, -0.2) is 4.98 Å². The average Bonchev–Trinajstić information content (AvgIpc) is 2.49. The van der Waals surface area contributed by atoms with Crippen LogP contribution in [0.5, 0.6) is 0 Å². The number of hydrogen-bond acceptors (Lipinski definition) is 5. The summed E-state index contributed by atoms with van der Waals surface area (Å²) in [5, 5.41) is 6.13. The summed E-state index contributed by atoms with van der Waals surface area (Å²) in [4.78, 5) is 30.5. The number of nitrogens with two attached hydrogens (primary N) is 1. The second-order valence-electron chi connectivity index (χ2n) is 5.17. The van der Waals surface area contributed by atoms with Crippen LogP contribution in [0.3, 0.4) is 0 Å². The highest BCUT2D eigenvalue weighted by molar-refractivity contribution is 6.28. The molecule has 8 heteroatoms. The minimum atomic E-state index is -0.605. The van der Waals surface area contributed by atoms with Crippen molar-refractivity contribution in [1.29, 1.82) is 0 Å². The van der Waals surface area contributed by atoms with Crippen LogP contribution in [0.25, 0.3) is 0 Å². The Morgan fingerprint density at radius 3 is 2.55 bits per heavy atom. The van der Waals surface area contributed by atoms with Gasteiger partial charge < -0.3 is 16.4 Å². The van der Waals surface area contributed by atoms with E-state index in [1.165, 1.54) is 12.3 Å². The van der Waals surface area contributed by atoms with Crippen LogP contribution in [0, 0.1) is 0 Å². The van der Waals surface area contributed by atoms with Crippen molar-refractivity contribution in [2.45, 2.75) is 37.8 Å². The van der Waals surface area contributed by atoms with Gasteiger partial charge >= 0.3 is 0 Å². The van der Waals surface area contributed by atoms with Crippen LogP contribution < -0.4 is 16.4 Å². The molecule has 2 rings (SSSR count). The normalized spacial score (nSPS) is 21.0. The maximum absolute atomic E-state index is 11.4. The van der Waals surface area contributed by atoms with Gasteiger partial charge in [0.25, 0.3) is 5.91 Å². The molecular formula is C14H18ClN5O2. The lowest BCUT2D eigenvalue weighted by atomic mass is 9.91. The van der Waals surface area contributed by atoms with Crippen molar-refractivity contribution >= 4 is 29.2 Å². The molecule has 0 unspecified atom stereocenters. The minimum absolute atomic E-state index is 0.0550. The zero-order valence-corrected chi connectivity index (χ0v) is 12.8. The summed E-state index contributed by atoms with van der Waals surface area (Å²) in [5.41, 5.74) is 5.52. The van der Waals surface area contributed by atoms with E-state index in [4.69, 9.17) is 17.3 Å². The van der Waals surface area contributed by atoms with Gasteiger partial charge in [0, 0.05) is 18.3 Å². The molecule has 2 amide bonds. The summed E-state index contributed by atoms with van der Waals surface area (Å²) in [6.45, 7) is 3.44. The third kappa shape index (κ3) is 4.17. The largest absolute Gasteiger partial charge is 0.367 e. The van der Waals surface area contributed by atoms with Gasteiger partial charge in [-0.1, -0.05) is 6.58 Å². The maximum Gasteiger partial charge on any atom is 0.254 e. The number of carbonyl (C=O) groups excluding carboxylic acids is 2. The van der Waals surface area contributed by atoms with Gasteiger partial charge in [-0.05, 0) is 43.4 Å². The van der Waals surface area contributed by atoms with E-state index in [1.54, 1.807) is 0 Å². The summed E-state index contributed by atoms with van der Waals surface area (Å²) < 4.78 is 0. The van der Waals surface area contributed by atoms with E-state index < -0.39 is 5.91 Å². The third-order valence-corrected chi connectivity index (χ3v) is 3.81. The quantitative estimate of drug-likeness (QED) is 0.558. The number of amides is 2. The lowest BCUT2D eigenvalue weighted by molar-refractivity contribution is -0.117. The molecule has 0 spiro atoms. The van der Waals surface area contributed by atoms with Gasteiger partial charge in [0.15, 0.2) is 0 Å². The summed E-state index contributed by atoms with van der Waals surface area (Å²) in [6.07, 6.45) is 5.93. The van der Waals surface area contributed by atoms with Gasteiger partial charge in [-0.3, -0.25) is 9.59 Å². The van der Waals surface area contributed by atoms with Crippen LogP contribution in [-0.2, 0) is 4.79 Å². The number of anilines is 1. The Balaban J connectivity index is 1.96. The summed E-state index contributed by atoms with van der Waals surface area (Å²) in [6, 6.07) is 0.286. The molecular weight excluding hydrogens is 306 g/mol. The van der Waals surface area contributed by atoms with E-state index in [9.17, 15) is 9.59 Å². The highest BCUT2D eigenvalue weighted by Gasteiger charge is 2.23. The molecule has 0 saturated heterocycles. The Bertz CT molecular complexity index is 585. The zero-order chi connectivity index (χ0) is 16.1. The Kier molecular flexibility index (Phi) is 5.32. The van der Waals surface area contributed by atoms with Gasteiger partial charge in [0.1, 0.15) is 5.82 Å². The highest BCUT2D eigenvalue weighted by Crippen LogP contribution is 2.23. The first-order valence-electron chi connectivity index (χ1n) is 7.01. The molecule has 4 N–H and O–H groups in total. The molecule has 1 aromatic rings. The fourth-order valence-corrected chi connectivity index (χ4v) is 2.62. The number of carbonyl (C=O) groups is 2. The van der Waals surface area contributed by atoms with Crippen molar-refractivity contribution < 1.29 is 9.59 Å². The number of nitrogens with one attached hydrogen (secondary N) is 2. The van der Waals surface area contributed by atoms with Crippen LogP contribution in [0.15, 0.2) is 18.9 Å². The van der Waals surface area contributed by atoms with Crippen LogP contribution in [0.2, 0.25) is 5.28 Å². The van der Waals surface area contributed by atoms with E-state index >= 15 is 0 Å². The molecule has 1 aliphatic rings. The molecule has 7 nitrogen and oxygen atoms in total. The molecule has 1 fully saturated rings. The van der Waals surface area contributed by atoms with Crippen molar-refractivity contribution in [3.63, 3.8) is 0 Å². The van der Waals surface area contributed by atoms with Crippen molar-refractivity contribution in [2.75, 3.05) is 5.32 Å². The third-order valence-electron chi connectivity index (χ3n) is 3.62. The zero-order valence-electron chi connectivity index (χ0n) is 12.0. The van der Waals surface area contributed by atoms with Gasteiger partial charge in [-0.15, -0.1) is 0 Å². The van der Waals surface area contributed by atoms with Crippen molar-refractivity contribution in [2.24, 2.45) is 5.73 Å². The van der Waals surface area contributed by atoms with E-state index in [0.717, 1.165) is 25.7 Å². The monoisotopic (exact) mass is 323 g/mol. The fraction of sp³-hybridized carbons (Fsp3) is 0.429. The van der Waals surface area contributed by atoms with E-state index in [1.807, 2.05) is 0 Å². The first-order valence-corrected chi connectivity index (χ1v) is 7.39. The fourth-order valence-electron chi connectivity index (χ4n) is 2.49. The van der Waals surface area contributed by atoms with Crippen LogP contribution in [0.1, 0.15) is 36.0 Å². The molecule has 0 atom stereocenters. The Morgan fingerprint density at radius 1 is 1.32 bits per heavy atom. The van der Waals surface area contributed by atoms with Crippen LogP contribution in [0.4, 0.5) is 5.82 Å². The molecule has 1 heterocycles. The maximum atomic E-state index is 11.4. The molecule has 1 aliphatic carbocycles. The SMILES string of the molecule is C=CC(=O)NC1CCC(Nc2nc(Cl)ncc2C(N)=O)CC1. The second-order valence-corrected chi connectivity index (χ2v) is 5.51. The lowest BCUT2D eigenvalue weighted by Gasteiger charge is -2.30. The van der Waals surface area contributed by atoms with Crippen molar-refractivity contribution in [1.82, 2.24) is 15.3 Å². The summed E-state index contributed by atoms with van der Waals surface area (Å²) in [7, 11) is 0. The molecule has 118 valence electrons. The Labute approximate surface area is 133 Å². The topological polar surface area (TPSA) is 110 Å². The predicted molar refractivity (Wildman–Crippen MR) is 83.6 cm³/mol. The first-order chi connectivity index (χ1) is 10.5. The standard InChI is InChI=1S/C14H18ClN5O2/c1-2-11(21)18-8-3-5-9(6-4-8)19-13-10(12(16)22)7-17-14(15)20-13/h2,7-9H,1,3-6H2,(H2,16,22)(H,18,21)(H,17,19,20). The number of rotatable bonds is 5. The molecule has 0 aliphatic heterocycles. The predicted octanol–water partition coefficient (Wildman–Crippen LogP) is 1.25. The number of halogens is 1. The van der Waals surface area contributed by atoms with E-state index in [0.29, 0.717) is 5.82 Å². The van der Waals surface area contributed by atoms with Gasteiger partial charge in [0.2, 0.25) is 11.2 Å². The second kappa shape index (κ2) is 7.22. The van der Waals surface area contributed by atoms with Gasteiger partial charge in [0.05, 0.1) is 5.56 Å². The Morgan fingerprint density at radius 2 is 1.95 bits per heavy atom. The summed E-state index contributed by atoms with van der Waals surface area (Å²) >= 11 is 5.76. The molecule has 0 aromatic carbocycles. The van der Waals surface area contributed by atoms with Gasteiger partial charge in [-0.2, -0.15) is 4.98 Å². The van der Waals surface area contributed by atoms with Crippen LogP contribution >= 0.6 is 11.6 Å². The number of aromatic nitrogens is 2. The number of nitrogens with zero attached hydrogens (tertiary/aromatic N) is 2. The van der Waals surface area contributed by atoms with E-state index in [2.05, 4.69) is 27.2 Å². The average molecular weight is 324 g/mol. The van der Waals surface area contributed by atoms with Crippen molar-refractivity contribution in [3.05, 3.63) is 29.7 Å². The molecule has 22 heavy (non-hydrogen) atoms. The number of primary amides is 1. The molecule has 0 bridgehead atoms. The summed E-state index contributed by atoms with van der Waals surface area (Å²) in [5.74, 6) is -0.410. The Hall–Kier alpha value is -2.15. The molecule has 1 aromatic heterocycles. The molecule has 1 saturated carbocycles. The molecule has 0 radical (unpaired) electrons. The minimum Gasteiger partial charge on any atom is -0.367 e. The smallest absolute Gasteiger partial charge is 0.254 e. The van der Waals surface area contributed by atoms with E-state index in [-0.39, 0.29) is 28.8 Å². The van der Waals surface area contributed by atoms with Crippen molar-refractivity contribution in [3.8, 4) is 0 Å². The highest BCUT2D eigenvalue weighted by atomic mass is 35.5.